The van der Waals surface area contributed by atoms with E-state index in [0.717, 1.165) is 17.5 Å². The fraction of sp³-hybridized carbons (Fsp3) is 1.00. The molecule has 0 spiro atoms. The lowest BCUT2D eigenvalue weighted by molar-refractivity contribution is 0.345. The van der Waals surface area contributed by atoms with Crippen molar-refractivity contribution >= 4 is 9.24 Å². The Morgan fingerprint density at radius 1 is 1.18 bits per heavy atom. The quantitative estimate of drug-likeness (QED) is 0.419. The normalized spacial score (nSPS) is 33.8. The number of hydrogen-bond acceptors (Lipinski definition) is 0. The Morgan fingerprint density at radius 2 is 1.82 bits per heavy atom. The van der Waals surface area contributed by atoms with Gasteiger partial charge in [0.15, 0.2) is 0 Å². The molecule has 1 rings (SSSR count). The summed E-state index contributed by atoms with van der Waals surface area (Å²) in [6.07, 6.45) is 7.28. The van der Waals surface area contributed by atoms with Gasteiger partial charge in [-0.2, -0.15) is 0 Å². The molecule has 0 amide bonds. The third-order valence-electron chi connectivity index (χ3n) is 2.95. The van der Waals surface area contributed by atoms with E-state index in [1.165, 1.54) is 32.1 Å². The van der Waals surface area contributed by atoms with Crippen molar-refractivity contribution in [3.05, 3.63) is 0 Å². The molecule has 11 heavy (non-hydrogen) atoms. The number of rotatable bonds is 1. The second kappa shape index (κ2) is 4.45. The Kier molecular flexibility index (Phi) is 3.85. The summed E-state index contributed by atoms with van der Waals surface area (Å²) in [4.78, 5) is 0. The van der Waals surface area contributed by atoms with Crippen LogP contribution in [-0.2, 0) is 0 Å². The summed E-state index contributed by atoms with van der Waals surface area (Å²) in [5.41, 5.74) is 0.907. The van der Waals surface area contributed by atoms with Gasteiger partial charge < -0.3 is 0 Å². The molecule has 3 atom stereocenters. The Morgan fingerprint density at radius 3 is 2.45 bits per heavy atom. The van der Waals surface area contributed by atoms with Gasteiger partial charge in [-0.25, -0.2) is 0 Å². The van der Waals surface area contributed by atoms with Crippen LogP contribution in [0.1, 0.15) is 46.0 Å². The highest BCUT2D eigenvalue weighted by atomic mass is 31.0. The Hall–Kier alpha value is 0.430. The van der Waals surface area contributed by atoms with E-state index in [4.69, 9.17) is 0 Å². The summed E-state index contributed by atoms with van der Waals surface area (Å²) in [6.45, 7) is 4.74. The summed E-state index contributed by atoms with van der Waals surface area (Å²) in [5.74, 6) is 1.90. The third-order valence-corrected chi connectivity index (χ3v) is 3.55. The van der Waals surface area contributed by atoms with Gasteiger partial charge in [0.2, 0.25) is 0 Å². The Labute approximate surface area is 73.3 Å². The smallest absolute Gasteiger partial charge is 0.0261 e. The predicted octanol–water partition coefficient (Wildman–Crippen LogP) is 3.47. The van der Waals surface area contributed by atoms with Crippen LogP contribution in [0.2, 0.25) is 0 Å². The zero-order valence-corrected chi connectivity index (χ0v) is 9.00. The lowest BCUT2D eigenvalue weighted by Crippen LogP contribution is -2.11. The molecule has 1 aliphatic rings. The maximum atomic E-state index is 3.01. The monoisotopic (exact) mass is 172 g/mol. The average molecular weight is 172 g/mol. The minimum Gasteiger partial charge on any atom is -0.134 e. The van der Waals surface area contributed by atoms with E-state index >= 15 is 0 Å². The van der Waals surface area contributed by atoms with Crippen molar-refractivity contribution in [3.63, 3.8) is 0 Å². The Bertz CT molecular complexity index is 109. The van der Waals surface area contributed by atoms with E-state index in [1.807, 2.05) is 0 Å². The fourth-order valence-corrected chi connectivity index (χ4v) is 2.63. The van der Waals surface area contributed by atoms with Gasteiger partial charge in [-0.05, 0) is 30.3 Å². The Balaban J connectivity index is 2.39. The van der Waals surface area contributed by atoms with Crippen molar-refractivity contribution in [1.82, 2.24) is 0 Å². The van der Waals surface area contributed by atoms with Gasteiger partial charge in [-0.15, -0.1) is 9.24 Å². The molecule has 1 saturated carbocycles. The lowest BCUT2D eigenvalue weighted by Gasteiger charge is -2.20. The molecule has 1 aliphatic carbocycles. The van der Waals surface area contributed by atoms with Crippen LogP contribution in [0.3, 0.4) is 0 Å². The minimum absolute atomic E-state index is 0.899. The van der Waals surface area contributed by atoms with Crippen LogP contribution < -0.4 is 0 Å². The third kappa shape index (κ3) is 3.11. The maximum Gasteiger partial charge on any atom is -0.0261 e. The highest BCUT2D eigenvalue weighted by molar-refractivity contribution is 7.17. The van der Waals surface area contributed by atoms with Crippen molar-refractivity contribution in [2.45, 2.75) is 51.6 Å². The molecule has 1 fully saturated rings. The fourth-order valence-electron chi connectivity index (χ4n) is 2.04. The van der Waals surface area contributed by atoms with Gasteiger partial charge in [0.25, 0.3) is 0 Å². The summed E-state index contributed by atoms with van der Waals surface area (Å²) in [6, 6.07) is 0. The van der Waals surface area contributed by atoms with E-state index < -0.39 is 0 Å². The van der Waals surface area contributed by atoms with E-state index in [9.17, 15) is 0 Å². The molecule has 1 heteroatoms. The highest BCUT2D eigenvalue weighted by Crippen LogP contribution is 2.31. The molecule has 0 N–H and O–H groups in total. The van der Waals surface area contributed by atoms with Gasteiger partial charge in [0.05, 0.1) is 0 Å². The van der Waals surface area contributed by atoms with Crippen molar-refractivity contribution in [2.75, 3.05) is 0 Å². The predicted molar refractivity (Wildman–Crippen MR) is 54.9 cm³/mol. The molecular formula is C10H21P. The molecule has 0 aromatic carbocycles. The first-order valence-corrected chi connectivity index (χ1v) is 5.62. The van der Waals surface area contributed by atoms with Crippen LogP contribution in [0.4, 0.5) is 0 Å². The van der Waals surface area contributed by atoms with Crippen LogP contribution in [0.25, 0.3) is 0 Å². The second-order valence-electron chi connectivity index (χ2n) is 4.28. The van der Waals surface area contributed by atoms with Gasteiger partial charge in [-0.1, -0.05) is 33.1 Å². The molecule has 0 heterocycles. The zero-order chi connectivity index (χ0) is 8.27. The van der Waals surface area contributed by atoms with Crippen LogP contribution >= 0.6 is 9.24 Å². The molecule has 0 bridgehead atoms. The van der Waals surface area contributed by atoms with Crippen LogP contribution in [-0.4, -0.2) is 5.66 Å². The summed E-state index contributed by atoms with van der Waals surface area (Å²) in [7, 11) is 3.01. The van der Waals surface area contributed by atoms with E-state index in [0.29, 0.717) is 0 Å². The largest absolute Gasteiger partial charge is 0.134 e. The van der Waals surface area contributed by atoms with Crippen molar-refractivity contribution in [1.29, 1.82) is 0 Å². The molecule has 0 saturated heterocycles. The van der Waals surface area contributed by atoms with E-state index in [1.54, 1.807) is 0 Å². The minimum atomic E-state index is 0.899. The van der Waals surface area contributed by atoms with Gasteiger partial charge in [0, 0.05) is 0 Å². The topological polar surface area (TPSA) is 0 Å². The van der Waals surface area contributed by atoms with Gasteiger partial charge in [-0.3, -0.25) is 0 Å². The molecule has 0 aliphatic heterocycles. The van der Waals surface area contributed by atoms with Crippen molar-refractivity contribution in [2.24, 2.45) is 11.8 Å². The number of hydrogen-bond donors (Lipinski definition) is 0. The maximum absolute atomic E-state index is 3.01. The molecule has 0 nitrogen and oxygen atoms in total. The first-order chi connectivity index (χ1) is 5.20. The molecular weight excluding hydrogens is 151 g/mol. The SMILES string of the molecule is CC(C)C1CCCCC(P)C1. The molecule has 0 radical (unpaired) electrons. The molecule has 3 unspecified atom stereocenters. The second-order valence-corrected chi connectivity index (χ2v) is 5.23. The van der Waals surface area contributed by atoms with Crippen LogP contribution in [0, 0.1) is 11.8 Å². The van der Waals surface area contributed by atoms with Crippen molar-refractivity contribution < 1.29 is 0 Å². The average Bonchev–Trinajstić information content (AvgIpc) is 2.13. The zero-order valence-electron chi connectivity index (χ0n) is 7.84. The van der Waals surface area contributed by atoms with Crippen LogP contribution in [0.5, 0.6) is 0 Å². The van der Waals surface area contributed by atoms with Gasteiger partial charge in [0.1, 0.15) is 0 Å². The standard InChI is InChI=1S/C10H21P/c1-8(2)9-5-3-4-6-10(11)7-9/h8-10H,3-7,11H2,1-2H3. The molecule has 66 valence electrons. The summed E-state index contributed by atoms with van der Waals surface area (Å²) >= 11 is 0. The first kappa shape index (κ1) is 9.52. The summed E-state index contributed by atoms with van der Waals surface area (Å²) < 4.78 is 0. The highest BCUT2D eigenvalue weighted by Gasteiger charge is 2.19. The van der Waals surface area contributed by atoms with Crippen LogP contribution in [0.15, 0.2) is 0 Å². The van der Waals surface area contributed by atoms with E-state index in [-0.39, 0.29) is 0 Å². The molecule has 0 aromatic rings. The first-order valence-electron chi connectivity index (χ1n) is 4.95. The summed E-state index contributed by atoms with van der Waals surface area (Å²) in [5, 5.41) is 0. The molecule has 0 aromatic heterocycles. The lowest BCUT2D eigenvalue weighted by atomic mass is 9.89. The van der Waals surface area contributed by atoms with Gasteiger partial charge >= 0.3 is 0 Å². The van der Waals surface area contributed by atoms with E-state index in [2.05, 4.69) is 23.1 Å². The van der Waals surface area contributed by atoms with Crippen molar-refractivity contribution in [3.8, 4) is 0 Å².